The molecule has 0 atom stereocenters. The molecule has 0 bridgehead atoms. The van der Waals surface area contributed by atoms with Gasteiger partial charge >= 0.3 is 0 Å². The monoisotopic (exact) mass is 188 g/mol. The zero-order chi connectivity index (χ0) is 10.1. The van der Waals surface area contributed by atoms with Gasteiger partial charge in [0.15, 0.2) is 0 Å². The molecule has 14 heavy (non-hydrogen) atoms. The fraction of sp³-hybridized carbons (Fsp3) is 0.200. The Balaban J connectivity index is 2.49. The molecule has 2 N–H and O–H groups in total. The van der Waals surface area contributed by atoms with Crippen LogP contribution in [0.2, 0.25) is 0 Å². The van der Waals surface area contributed by atoms with Crippen molar-refractivity contribution >= 4 is 5.82 Å². The Bertz CT molecular complexity index is 439. The third-order valence-electron chi connectivity index (χ3n) is 2.09. The fourth-order valence-electron chi connectivity index (χ4n) is 1.32. The van der Waals surface area contributed by atoms with Crippen molar-refractivity contribution in [2.75, 3.05) is 5.73 Å². The van der Waals surface area contributed by atoms with Crippen LogP contribution in [0.4, 0.5) is 5.82 Å². The molecule has 0 amide bonds. The maximum atomic E-state index is 5.70. The Morgan fingerprint density at radius 1 is 1.29 bits per heavy atom. The van der Waals surface area contributed by atoms with Crippen LogP contribution in [0.15, 0.2) is 24.5 Å². The minimum atomic E-state index is 0.654. The number of aryl methyl sites for hydroxylation is 2. The SMILES string of the molecule is Cc1cncc(-c2cc(N)n(C)n2)c1. The molecule has 0 aliphatic carbocycles. The summed E-state index contributed by atoms with van der Waals surface area (Å²) >= 11 is 0. The molecule has 2 rings (SSSR count). The molecule has 4 nitrogen and oxygen atoms in total. The van der Waals surface area contributed by atoms with Crippen LogP contribution in [0.25, 0.3) is 11.3 Å². The second kappa shape index (κ2) is 3.14. The summed E-state index contributed by atoms with van der Waals surface area (Å²) in [7, 11) is 1.82. The molecule has 0 aliphatic rings. The average Bonchev–Trinajstić information content (AvgIpc) is 2.47. The van der Waals surface area contributed by atoms with Crippen LogP contribution in [-0.4, -0.2) is 14.8 Å². The minimum absolute atomic E-state index is 0.654. The van der Waals surface area contributed by atoms with Crippen LogP contribution >= 0.6 is 0 Å². The first kappa shape index (κ1) is 8.74. The number of nitrogens with two attached hydrogens (primary N) is 1. The normalized spacial score (nSPS) is 10.4. The number of hydrogen-bond donors (Lipinski definition) is 1. The number of rotatable bonds is 1. The number of pyridine rings is 1. The van der Waals surface area contributed by atoms with Gasteiger partial charge in [-0.1, -0.05) is 0 Å². The molecule has 0 fully saturated rings. The lowest BCUT2D eigenvalue weighted by molar-refractivity contribution is 0.782. The van der Waals surface area contributed by atoms with E-state index in [1.54, 1.807) is 10.9 Å². The van der Waals surface area contributed by atoms with Crippen LogP contribution in [0.1, 0.15) is 5.56 Å². The van der Waals surface area contributed by atoms with Crippen LogP contribution < -0.4 is 5.73 Å². The molecule has 0 aliphatic heterocycles. The second-order valence-electron chi connectivity index (χ2n) is 3.33. The van der Waals surface area contributed by atoms with Crippen molar-refractivity contribution in [1.29, 1.82) is 0 Å². The molecule has 0 aromatic carbocycles. The van der Waals surface area contributed by atoms with Crippen LogP contribution in [0, 0.1) is 6.92 Å². The van der Waals surface area contributed by atoms with Gasteiger partial charge in [0.1, 0.15) is 5.82 Å². The molecule has 2 heterocycles. The quantitative estimate of drug-likeness (QED) is 0.735. The lowest BCUT2D eigenvalue weighted by Gasteiger charge is -1.96. The lowest BCUT2D eigenvalue weighted by atomic mass is 10.2. The largest absolute Gasteiger partial charge is 0.384 e. The number of nitrogens with zero attached hydrogens (tertiary/aromatic N) is 3. The van der Waals surface area contributed by atoms with E-state index in [2.05, 4.69) is 10.1 Å². The average molecular weight is 188 g/mol. The first-order chi connectivity index (χ1) is 6.66. The minimum Gasteiger partial charge on any atom is -0.384 e. The third-order valence-corrected chi connectivity index (χ3v) is 2.09. The zero-order valence-corrected chi connectivity index (χ0v) is 8.23. The van der Waals surface area contributed by atoms with Gasteiger partial charge in [-0.25, -0.2) is 0 Å². The van der Waals surface area contributed by atoms with Crippen LogP contribution in [-0.2, 0) is 7.05 Å². The van der Waals surface area contributed by atoms with Crippen LogP contribution in [0.3, 0.4) is 0 Å². The molecular formula is C10H12N4. The molecule has 0 saturated heterocycles. The van der Waals surface area contributed by atoms with Crippen molar-refractivity contribution in [3.63, 3.8) is 0 Å². The molecule has 72 valence electrons. The summed E-state index contributed by atoms with van der Waals surface area (Å²) in [6, 6.07) is 3.88. The van der Waals surface area contributed by atoms with Crippen molar-refractivity contribution in [3.8, 4) is 11.3 Å². The highest BCUT2D eigenvalue weighted by Gasteiger charge is 2.04. The number of hydrogen-bond acceptors (Lipinski definition) is 3. The number of aromatic nitrogens is 3. The molecular weight excluding hydrogens is 176 g/mol. The molecule has 0 radical (unpaired) electrons. The third kappa shape index (κ3) is 1.46. The van der Waals surface area contributed by atoms with Gasteiger partial charge in [0.25, 0.3) is 0 Å². The second-order valence-corrected chi connectivity index (χ2v) is 3.33. The van der Waals surface area contributed by atoms with E-state index in [1.807, 2.05) is 32.3 Å². The van der Waals surface area contributed by atoms with Gasteiger partial charge in [0.05, 0.1) is 5.69 Å². The maximum Gasteiger partial charge on any atom is 0.121 e. The molecule has 2 aromatic rings. The molecule has 0 saturated carbocycles. The van der Waals surface area contributed by atoms with Crippen molar-refractivity contribution in [3.05, 3.63) is 30.1 Å². The Morgan fingerprint density at radius 3 is 2.64 bits per heavy atom. The Morgan fingerprint density at radius 2 is 2.07 bits per heavy atom. The van der Waals surface area contributed by atoms with E-state index in [0.717, 1.165) is 16.8 Å². The highest BCUT2D eigenvalue weighted by molar-refractivity contribution is 5.61. The zero-order valence-electron chi connectivity index (χ0n) is 8.23. The standard InChI is InChI=1S/C10H12N4/c1-7-3-8(6-12-5-7)9-4-10(11)14(2)13-9/h3-6H,11H2,1-2H3. The van der Waals surface area contributed by atoms with Gasteiger partial charge in [0, 0.05) is 31.1 Å². The summed E-state index contributed by atoms with van der Waals surface area (Å²) in [5.74, 6) is 0.654. The summed E-state index contributed by atoms with van der Waals surface area (Å²) in [4.78, 5) is 4.11. The fourth-order valence-corrected chi connectivity index (χ4v) is 1.32. The van der Waals surface area contributed by atoms with Crippen molar-refractivity contribution in [1.82, 2.24) is 14.8 Å². The summed E-state index contributed by atoms with van der Waals surface area (Å²) in [5, 5.41) is 4.27. The smallest absolute Gasteiger partial charge is 0.121 e. The van der Waals surface area contributed by atoms with E-state index in [9.17, 15) is 0 Å². The first-order valence-electron chi connectivity index (χ1n) is 4.38. The van der Waals surface area contributed by atoms with Gasteiger partial charge < -0.3 is 5.73 Å². The van der Waals surface area contributed by atoms with E-state index in [1.165, 1.54) is 0 Å². The molecule has 2 aromatic heterocycles. The van der Waals surface area contributed by atoms with Gasteiger partial charge in [-0.05, 0) is 18.6 Å². The first-order valence-corrected chi connectivity index (χ1v) is 4.38. The number of nitrogen functional groups attached to an aromatic ring is 1. The summed E-state index contributed by atoms with van der Waals surface area (Å²) in [6.45, 7) is 2.00. The van der Waals surface area contributed by atoms with E-state index < -0.39 is 0 Å². The predicted molar refractivity (Wildman–Crippen MR) is 55.6 cm³/mol. The van der Waals surface area contributed by atoms with Gasteiger partial charge in [0.2, 0.25) is 0 Å². The summed E-state index contributed by atoms with van der Waals surface area (Å²) < 4.78 is 1.65. The van der Waals surface area contributed by atoms with E-state index in [-0.39, 0.29) is 0 Å². The maximum absolute atomic E-state index is 5.70. The van der Waals surface area contributed by atoms with E-state index in [0.29, 0.717) is 5.82 Å². The summed E-state index contributed by atoms with van der Waals surface area (Å²) in [6.07, 6.45) is 3.60. The number of anilines is 1. The molecule has 0 unspecified atom stereocenters. The summed E-state index contributed by atoms with van der Waals surface area (Å²) in [5.41, 5.74) is 8.67. The van der Waals surface area contributed by atoms with Gasteiger partial charge in [-0.2, -0.15) is 5.10 Å². The van der Waals surface area contributed by atoms with Gasteiger partial charge in [-0.3, -0.25) is 9.67 Å². The molecule has 0 spiro atoms. The van der Waals surface area contributed by atoms with Crippen molar-refractivity contribution in [2.24, 2.45) is 7.05 Å². The Hall–Kier alpha value is -1.84. The van der Waals surface area contributed by atoms with Crippen LogP contribution in [0.5, 0.6) is 0 Å². The topological polar surface area (TPSA) is 56.7 Å². The highest BCUT2D eigenvalue weighted by Crippen LogP contribution is 2.19. The lowest BCUT2D eigenvalue weighted by Crippen LogP contribution is -1.96. The van der Waals surface area contributed by atoms with E-state index in [4.69, 9.17) is 5.73 Å². The Labute approximate surface area is 82.4 Å². The molecule has 4 heteroatoms. The van der Waals surface area contributed by atoms with E-state index >= 15 is 0 Å². The Kier molecular flexibility index (Phi) is 1.96. The van der Waals surface area contributed by atoms with Gasteiger partial charge in [-0.15, -0.1) is 0 Å². The van der Waals surface area contributed by atoms with Crippen molar-refractivity contribution < 1.29 is 0 Å². The van der Waals surface area contributed by atoms with Crippen molar-refractivity contribution in [2.45, 2.75) is 6.92 Å². The predicted octanol–water partition coefficient (Wildman–Crippen LogP) is 1.37. The highest BCUT2D eigenvalue weighted by atomic mass is 15.3.